The van der Waals surface area contributed by atoms with Gasteiger partial charge in [-0.1, -0.05) is 0 Å². The Labute approximate surface area is 118 Å². The van der Waals surface area contributed by atoms with Crippen molar-refractivity contribution in [2.24, 2.45) is 5.73 Å². The van der Waals surface area contributed by atoms with E-state index in [0.29, 0.717) is 0 Å². The summed E-state index contributed by atoms with van der Waals surface area (Å²) in [6.07, 6.45) is 0. The van der Waals surface area contributed by atoms with E-state index in [2.05, 4.69) is 0 Å². The molecule has 0 unspecified atom stereocenters. The maximum atomic E-state index is 12.9. The predicted molar refractivity (Wildman–Crippen MR) is 71.1 cm³/mol. The highest BCUT2D eigenvalue weighted by Gasteiger charge is 2.28. The highest BCUT2D eigenvalue weighted by molar-refractivity contribution is 5.99. The van der Waals surface area contributed by atoms with E-state index in [4.69, 9.17) is 11.5 Å². The van der Waals surface area contributed by atoms with E-state index < -0.39 is 29.8 Å². The smallest absolute Gasteiger partial charge is 0.277 e. The van der Waals surface area contributed by atoms with Crippen LogP contribution < -0.4 is 16.8 Å². The Morgan fingerprint density at radius 2 is 2.05 bits per heavy atom. The number of alkyl halides is 2. The number of carbonyl (C=O) groups is 1. The van der Waals surface area contributed by atoms with Crippen LogP contribution in [0.5, 0.6) is 0 Å². The Balaban J connectivity index is 0.00000361. The summed E-state index contributed by atoms with van der Waals surface area (Å²) >= 11 is 0. The minimum Gasteiger partial charge on any atom is -0.398 e. The van der Waals surface area contributed by atoms with E-state index in [-0.39, 0.29) is 29.3 Å². The molecule has 1 amide bonds. The molecule has 0 saturated heterocycles. The SMILES string of the molecule is Cl.NCC(F)(F)CNC(=O)c1cc([N+](=O)[O-])ccc1N. The molecule has 0 heterocycles. The summed E-state index contributed by atoms with van der Waals surface area (Å²) in [5.41, 5.74) is 9.64. The number of nitro groups is 1. The van der Waals surface area contributed by atoms with Crippen molar-refractivity contribution in [2.75, 3.05) is 18.8 Å². The van der Waals surface area contributed by atoms with Gasteiger partial charge in [-0.15, -0.1) is 12.4 Å². The molecule has 0 fully saturated rings. The van der Waals surface area contributed by atoms with Gasteiger partial charge in [-0.25, -0.2) is 8.78 Å². The fourth-order valence-corrected chi connectivity index (χ4v) is 1.23. The molecular weight excluding hydrogens is 298 g/mol. The Bertz CT molecular complexity index is 513. The van der Waals surface area contributed by atoms with Crippen molar-refractivity contribution in [1.82, 2.24) is 5.32 Å². The number of non-ortho nitro benzene ring substituents is 1. The van der Waals surface area contributed by atoms with Gasteiger partial charge in [-0.05, 0) is 6.07 Å². The van der Waals surface area contributed by atoms with Crippen molar-refractivity contribution in [3.05, 3.63) is 33.9 Å². The lowest BCUT2D eigenvalue weighted by molar-refractivity contribution is -0.384. The molecule has 0 saturated carbocycles. The zero-order chi connectivity index (χ0) is 14.6. The lowest BCUT2D eigenvalue weighted by Crippen LogP contribution is -2.41. The van der Waals surface area contributed by atoms with Gasteiger partial charge < -0.3 is 16.8 Å². The number of benzene rings is 1. The summed E-state index contributed by atoms with van der Waals surface area (Å²) in [5.74, 6) is -4.17. The van der Waals surface area contributed by atoms with Crippen LogP contribution in [0, 0.1) is 10.1 Å². The topological polar surface area (TPSA) is 124 Å². The molecule has 1 aromatic carbocycles. The minimum atomic E-state index is -3.24. The first-order valence-electron chi connectivity index (χ1n) is 5.17. The lowest BCUT2D eigenvalue weighted by Gasteiger charge is -2.14. The van der Waals surface area contributed by atoms with Crippen molar-refractivity contribution < 1.29 is 18.5 Å². The van der Waals surface area contributed by atoms with Crippen LogP contribution in [0.3, 0.4) is 0 Å². The quantitative estimate of drug-likeness (QED) is 0.424. The van der Waals surface area contributed by atoms with Crippen LogP contribution in [0.1, 0.15) is 10.4 Å². The number of nitrogens with two attached hydrogens (primary N) is 2. The van der Waals surface area contributed by atoms with Crippen molar-refractivity contribution in [3.63, 3.8) is 0 Å². The molecular formula is C10H13ClF2N4O3. The van der Waals surface area contributed by atoms with Crippen LogP contribution in [-0.4, -0.2) is 29.8 Å². The van der Waals surface area contributed by atoms with Crippen molar-refractivity contribution in [1.29, 1.82) is 0 Å². The average Bonchev–Trinajstić information content (AvgIpc) is 2.36. The summed E-state index contributed by atoms with van der Waals surface area (Å²) in [4.78, 5) is 21.4. The number of nitrogen functional groups attached to an aromatic ring is 1. The van der Waals surface area contributed by atoms with Crippen LogP contribution in [0.2, 0.25) is 0 Å². The van der Waals surface area contributed by atoms with E-state index >= 15 is 0 Å². The van der Waals surface area contributed by atoms with E-state index in [0.717, 1.165) is 18.2 Å². The number of rotatable bonds is 5. The number of hydrogen-bond donors (Lipinski definition) is 3. The lowest BCUT2D eigenvalue weighted by atomic mass is 10.1. The van der Waals surface area contributed by atoms with Crippen molar-refractivity contribution in [3.8, 4) is 0 Å². The number of hydrogen-bond acceptors (Lipinski definition) is 5. The predicted octanol–water partition coefficient (Wildman–Crippen LogP) is 0.923. The minimum absolute atomic E-state index is 0. The molecule has 0 aliphatic rings. The van der Waals surface area contributed by atoms with Crippen molar-refractivity contribution in [2.45, 2.75) is 5.92 Å². The third kappa shape index (κ3) is 4.59. The Hall–Kier alpha value is -2.00. The molecule has 0 radical (unpaired) electrons. The average molecular weight is 311 g/mol. The highest BCUT2D eigenvalue weighted by atomic mass is 35.5. The molecule has 20 heavy (non-hydrogen) atoms. The molecule has 5 N–H and O–H groups in total. The van der Waals surface area contributed by atoms with Gasteiger partial charge in [0.05, 0.1) is 23.6 Å². The van der Waals surface area contributed by atoms with Gasteiger partial charge in [0.2, 0.25) is 0 Å². The number of anilines is 1. The second kappa shape index (κ2) is 6.96. The molecule has 1 rings (SSSR count). The standard InChI is InChI=1S/C10H12F2N4O3.ClH/c11-10(12,4-13)5-15-9(17)7-3-6(16(18)19)1-2-8(7)14;/h1-3H,4-5,13-14H2,(H,15,17);1H. The highest BCUT2D eigenvalue weighted by Crippen LogP contribution is 2.19. The van der Waals surface area contributed by atoms with E-state index in [9.17, 15) is 23.7 Å². The fraction of sp³-hybridized carbons (Fsp3) is 0.300. The van der Waals surface area contributed by atoms with Crippen LogP contribution in [-0.2, 0) is 0 Å². The summed E-state index contributed by atoms with van der Waals surface area (Å²) in [5, 5.41) is 12.5. The third-order valence-electron chi connectivity index (χ3n) is 2.30. The van der Waals surface area contributed by atoms with E-state index in [1.807, 2.05) is 5.32 Å². The normalized spacial score (nSPS) is 10.6. The van der Waals surface area contributed by atoms with Crippen LogP contribution in [0.4, 0.5) is 20.2 Å². The molecule has 0 aromatic heterocycles. The van der Waals surface area contributed by atoms with Gasteiger partial charge in [0.1, 0.15) is 0 Å². The van der Waals surface area contributed by atoms with Gasteiger partial charge in [0.15, 0.2) is 0 Å². The molecule has 0 atom stereocenters. The van der Waals surface area contributed by atoms with Crippen LogP contribution in [0.15, 0.2) is 18.2 Å². The molecule has 0 bridgehead atoms. The van der Waals surface area contributed by atoms with Crippen LogP contribution >= 0.6 is 12.4 Å². The number of amides is 1. The van der Waals surface area contributed by atoms with Gasteiger partial charge in [-0.2, -0.15) is 0 Å². The van der Waals surface area contributed by atoms with Gasteiger partial charge in [0, 0.05) is 17.8 Å². The van der Waals surface area contributed by atoms with Crippen LogP contribution in [0.25, 0.3) is 0 Å². The largest absolute Gasteiger partial charge is 0.398 e. The first kappa shape index (κ1) is 18.0. The molecule has 112 valence electrons. The number of carbonyl (C=O) groups excluding carboxylic acids is 1. The van der Waals surface area contributed by atoms with Gasteiger partial charge in [0.25, 0.3) is 17.5 Å². The molecule has 7 nitrogen and oxygen atoms in total. The van der Waals surface area contributed by atoms with Crippen molar-refractivity contribution >= 4 is 29.7 Å². The number of nitrogens with one attached hydrogen (secondary N) is 1. The number of halogens is 3. The van der Waals surface area contributed by atoms with Gasteiger partial charge >= 0.3 is 0 Å². The second-order valence-electron chi connectivity index (χ2n) is 3.77. The van der Waals surface area contributed by atoms with Gasteiger partial charge in [-0.3, -0.25) is 14.9 Å². The molecule has 0 spiro atoms. The Morgan fingerprint density at radius 1 is 1.45 bits per heavy atom. The fourth-order valence-electron chi connectivity index (χ4n) is 1.23. The van der Waals surface area contributed by atoms with E-state index in [1.54, 1.807) is 0 Å². The first-order chi connectivity index (χ1) is 8.76. The zero-order valence-corrected chi connectivity index (χ0v) is 11.0. The molecule has 0 aliphatic carbocycles. The Morgan fingerprint density at radius 3 is 2.55 bits per heavy atom. The maximum absolute atomic E-state index is 12.9. The monoisotopic (exact) mass is 310 g/mol. The maximum Gasteiger partial charge on any atom is 0.277 e. The number of nitro benzene ring substituents is 1. The van der Waals surface area contributed by atoms with E-state index in [1.165, 1.54) is 0 Å². The summed E-state index contributed by atoms with van der Waals surface area (Å²) in [7, 11) is 0. The second-order valence-corrected chi connectivity index (χ2v) is 3.77. The summed E-state index contributed by atoms with van der Waals surface area (Å²) in [6, 6.07) is 3.19. The third-order valence-corrected chi connectivity index (χ3v) is 2.30. The molecule has 10 heteroatoms. The summed E-state index contributed by atoms with van der Waals surface area (Å²) < 4.78 is 25.7. The zero-order valence-electron chi connectivity index (χ0n) is 10.1. The molecule has 1 aromatic rings. The number of nitrogens with zero attached hydrogens (tertiary/aromatic N) is 1. The Kier molecular flexibility index (Phi) is 6.27. The first-order valence-corrected chi connectivity index (χ1v) is 5.17. The summed E-state index contributed by atoms with van der Waals surface area (Å²) in [6.45, 7) is -1.89. The molecule has 0 aliphatic heterocycles.